The minimum Gasteiger partial charge on any atom is -0.393 e. The van der Waals surface area contributed by atoms with Gasteiger partial charge in [0.1, 0.15) is 0 Å². The van der Waals surface area contributed by atoms with E-state index in [4.69, 9.17) is 0 Å². The second-order valence-corrected chi connectivity index (χ2v) is 7.54. The van der Waals surface area contributed by atoms with Gasteiger partial charge < -0.3 is 10.4 Å². The number of nitrogens with one attached hydrogen (secondary N) is 2. The van der Waals surface area contributed by atoms with E-state index in [2.05, 4.69) is 43.2 Å². The predicted molar refractivity (Wildman–Crippen MR) is 81.6 cm³/mol. The van der Waals surface area contributed by atoms with Gasteiger partial charge in [0.2, 0.25) is 0 Å². The molecule has 0 spiro atoms. The van der Waals surface area contributed by atoms with Gasteiger partial charge in [-0.1, -0.05) is 40.5 Å². The van der Waals surface area contributed by atoms with Crippen LogP contribution in [-0.2, 0) is 12.0 Å². The van der Waals surface area contributed by atoms with Gasteiger partial charge in [0.15, 0.2) is 0 Å². The Balaban J connectivity index is 1.92. The Morgan fingerprint density at radius 3 is 2.85 bits per heavy atom. The second kappa shape index (κ2) is 5.86. The van der Waals surface area contributed by atoms with Gasteiger partial charge in [0, 0.05) is 35.2 Å². The predicted octanol–water partition coefficient (Wildman–Crippen LogP) is 2.74. The van der Waals surface area contributed by atoms with E-state index in [9.17, 15) is 5.11 Å². The maximum atomic E-state index is 10.2. The average molecular weight is 279 g/mol. The van der Waals surface area contributed by atoms with Crippen LogP contribution in [0.2, 0.25) is 0 Å². The molecule has 0 amide bonds. The highest BCUT2D eigenvalue weighted by molar-refractivity contribution is 5.23. The van der Waals surface area contributed by atoms with Crippen molar-refractivity contribution in [3.8, 4) is 0 Å². The van der Waals surface area contributed by atoms with E-state index in [1.807, 2.05) is 6.20 Å². The molecule has 1 heterocycles. The summed E-state index contributed by atoms with van der Waals surface area (Å²) in [5.74, 6) is 0. The molecule has 1 aromatic heterocycles. The molecule has 1 saturated carbocycles. The zero-order valence-corrected chi connectivity index (χ0v) is 13.3. The van der Waals surface area contributed by atoms with Gasteiger partial charge in [-0.2, -0.15) is 5.10 Å². The van der Waals surface area contributed by atoms with Crippen LogP contribution < -0.4 is 5.32 Å². The fourth-order valence-corrected chi connectivity index (χ4v) is 3.17. The molecule has 0 aliphatic heterocycles. The standard InChI is InChI=1S/C16H29N3O/c1-15(2,3)14-12(10-18-19-14)9-17-11-16(4)8-6-5-7-13(16)20/h10,13,17,20H,5-9,11H2,1-4H3,(H,18,19). The molecular formula is C16H29N3O. The third-order valence-electron chi connectivity index (χ3n) is 4.59. The van der Waals surface area contributed by atoms with Crippen molar-refractivity contribution in [3.05, 3.63) is 17.5 Å². The third-order valence-corrected chi connectivity index (χ3v) is 4.59. The summed E-state index contributed by atoms with van der Waals surface area (Å²) >= 11 is 0. The van der Waals surface area contributed by atoms with Crippen molar-refractivity contribution >= 4 is 0 Å². The molecule has 2 atom stereocenters. The first-order valence-electron chi connectivity index (χ1n) is 7.74. The number of aliphatic hydroxyl groups is 1. The number of nitrogens with zero attached hydrogens (tertiary/aromatic N) is 1. The number of rotatable bonds is 4. The molecule has 20 heavy (non-hydrogen) atoms. The summed E-state index contributed by atoms with van der Waals surface area (Å²) in [5, 5.41) is 21.0. The van der Waals surface area contributed by atoms with Gasteiger partial charge in [0.25, 0.3) is 0 Å². The molecule has 1 aliphatic rings. The van der Waals surface area contributed by atoms with Gasteiger partial charge >= 0.3 is 0 Å². The smallest absolute Gasteiger partial charge is 0.0605 e. The Labute approximate surface area is 122 Å². The first-order valence-corrected chi connectivity index (χ1v) is 7.74. The zero-order valence-electron chi connectivity index (χ0n) is 13.3. The summed E-state index contributed by atoms with van der Waals surface area (Å²) in [6.07, 6.45) is 6.18. The van der Waals surface area contributed by atoms with Crippen LogP contribution in [-0.4, -0.2) is 28.0 Å². The first kappa shape index (κ1) is 15.5. The quantitative estimate of drug-likeness (QED) is 0.794. The number of aromatic amines is 1. The lowest BCUT2D eigenvalue weighted by molar-refractivity contribution is 0.00114. The van der Waals surface area contributed by atoms with Crippen molar-refractivity contribution in [2.45, 2.75) is 71.4 Å². The fraction of sp³-hybridized carbons (Fsp3) is 0.812. The molecule has 1 aromatic rings. The molecule has 4 heteroatoms. The van der Waals surface area contributed by atoms with Crippen molar-refractivity contribution in [1.82, 2.24) is 15.5 Å². The van der Waals surface area contributed by atoms with Crippen molar-refractivity contribution in [1.29, 1.82) is 0 Å². The molecule has 2 unspecified atom stereocenters. The van der Waals surface area contributed by atoms with Crippen LogP contribution in [0.4, 0.5) is 0 Å². The topological polar surface area (TPSA) is 60.9 Å². The monoisotopic (exact) mass is 279 g/mol. The normalized spacial score (nSPS) is 27.8. The van der Waals surface area contributed by atoms with Gasteiger partial charge in [-0.15, -0.1) is 0 Å². The minimum absolute atomic E-state index is 0.0177. The molecule has 2 rings (SSSR count). The van der Waals surface area contributed by atoms with Crippen molar-refractivity contribution in [3.63, 3.8) is 0 Å². The molecule has 1 fully saturated rings. The molecule has 1 aliphatic carbocycles. The van der Waals surface area contributed by atoms with E-state index in [1.165, 1.54) is 17.7 Å². The second-order valence-electron chi connectivity index (χ2n) is 7.54. The van der Waals surface area contributed by atoms with E-state index in [0.29, 0.717) is 0 Å². The molecule has 0 aromatic carbocycles. The van der Waals surface area contributed by atoms with Gasteiger partial charge in [-0.3, -0.25) is 5.10 Å². The third kappa shape index (κ3) is 3.41. The van der Waals surface area contributed by atoms with Crippen LogP contribution in [0.3, 0.4) is 0 Å². The fourth-order valence-electron chi connectivity index (χ4n) is 3.17. The molecular weight excluding hydrogens is 250 g/mol. The average Bonchev–Trinajstić information content (AvgIpc) is 2.81. The Morgan fingerprint density at radius 1 is 1.45 bits per heavy atom. The Morgan fingerprint density at radius 2 is 2.20 bits per heavy atom. The van der Waals surface area contributed by atoms with Gasteiger partial charge in [-0.05, 0) is 12.8 Å². The van der Waals surface area contributed by atoms with Crippen molar-refractivity contribution in [2.24, 2.45) is 5.41 Å². The lowest BCUT2D eigenvalue weighted by atomic mass is 9.73. The molecule has 0 bridgehead atoms. The Kier molecular flexibility index (Phi) is 4.55. The van der Waals surface area contributed by atoms with E-state index in [-0.39, 0.29) is 16.9 Å². The Bertz CT molecular complexity index is 435. The lowest BCUT2D eigenvalue weighted by Crippen LogP contribution is -2.43. The maximum absolute atomic E-state index is 10.2. The number of hydrogen-bond acceptors (Lipinski definition) is 3. The Hall–Kier alpha value is -0.870. The molecule has 114 valence electrons. The summed E-state index contributed by atoms with van der Waals surface area (Å²) in [7, 11) is 0. The van der Waals surface area contributed by atoms with E-state index in [1.54, 1.807) is 0 Å². The molecule has 3 N–H and O–H groups in total. The van der Waals surface area contributed by atoms with Crippen LogP contribution in [0.1, 0.15) is 64.6 Å². The van der Waals surface area contributed by atoms with Gasteiger partial charge in [0.05, 0.1) is 12.3 Å². The number of hydrogen-bond donors (Lipinski definition) is 3. The highest BCUT2D eigenvalue weighted by atomic mass is 16.3. The number of aromatic nitrogens is 2. The lowest BCUT2D eigenvalue weighted by Gasteiger charge is -2.38. The molecule has 0 saturated heterocycles. The summed E-state index contributed by atoms with van der Waals surface area (Å²) < 4.78 is 0. The van der Waals surface area contributed by atoms with Crippen molar-refractivity contribution in [2.75, 3.05) is 6.54 Å². The van der Waals surface area contributed by atoms with Crippen LogP contribution in [0.5, 0.6) is 0 Å². The summed E-state index contributed by atoms with van der Waals surface area (Å²) in [6.45, 7) is 10.4. The minimum atomic E-state index is -0.171. The molecule has 0 radical (unpaired) electrons. The van der Waals surface area contributed by atoms with Crippen LogP contribution >= 0.6 is 0 Å². The summed E-state index contributed by atoms with van der Waals surface area (Å²) in [6, 6.07) is 0. The molecule has 4 nitrogen and oxygen atoms in total. The SMILES string of the molecule is CC(C)(C)c1[nH]ncc1CNCC1(C)CCCCC1O. The highest BCUT2D eigenvalue weighted by Crippen LogP contribution is 2.35. The van der Waals surface area contributed by atoms with E-state index < -0.39 is 0 Å². The van der Waals surface area contributed by atoms with Gasteiger partial charge in [-0.25, -0.2) is 0 Å². The van der Waals surface area contributed by atoms with Crippen LogP contribution in [0.25, 0.3) is 0 Å². The zero-order chi connectivity index (χ0) is 14.8. The first-order chi connectivity index (χ1) is 9.33. The number of aliphatic hydroxyl groups excluding tert-OH is 1. The highest BCUT2D eigenvalue weighted by Gasteiger charge is 2.34. The van der Waals surface area contributed by atoms with E-state index >= 15 is 0 Å². The maximum Gasteiger partial charge on any atom is 0.0605 e. The van der Waals surface area contributed by atoms with Crippen LogP contribution in [0, 0.1) is 5.41 Å². The largest absolute Gasteiger partial charge is 0.393 e. The summed E-state index contributed by atoms with van der Waals surface area (Å²) in [4.78, 5) is 0. The summed E-state index contributed by atoms with van der Waals surface area (Å²) in [5.41, 5.74) is 2.52. The van der Waals surface area contributed by atoms with E-state index in [0.717, 1.165) is 32.4 Å². The van der Waals surface area contributed by atoms with Crippen molar-refractivity contribution < 1.29 is 5.11 Å². The van der Waals surface area contributed by atoms with Crippen LogP contribution in [0.15, 0.2) is 6.20 Å². The number of H-pyrrole nitrogens is 1.